The second-order valence-corrected chi connectivity index (χ2v) is 8.00. The smallest absolute Gasteiger partial charge is 0.407 e. The molecule has 0 heterocycles. The van der Waals surface area contributed by atoms with E-state index >= 15 is 0 Å². The van der Waals surface area contributed by atoms with Gasteiger partial charge in [0.1, 0.15) is 18.5 Å². The van der Waals surface area contributed by atoms with E-state index in [1.807, 2.05) is 36.4 Å². The van der Waals surface area contributed by atoms with Crippen molar-refractivity contribution < 1.29 is 33.3 Å². The molecule has 2 atom stereocenters. The van der Waals surface area contributed by atoms with Crippen LogP contribution in [0.1, 0.15) is 35.1 Å². The van der Waals surface area contributed by atoms with Gasteiger partial charge in [0.2, 0.25) is 0 Å². The molecule has 3 aromatic rings. The van der Waals surface area contributed by atoms with Crippen molar-refractivity contribution in [1.82, 2.24) is 5.32 Å². The zero-order valence-electron chi connectivity index (χ0n) is 18.2. The predicted octanol–water partition coefficient (Wildman–Crippen LogP) is 4.61. The highest BCUT2D eigenvalue weighted by molar-refractivity contribution is 5.79. The Hall–Kier alpha value is -3.49. The topological polar surface area (TPSA) is 88.0 Å². The number of hydrogen-bond donors (Lipinski definition) is 3. The van der Waals surface area contributed by atoms with E-state index in [4.69, 9.17) is 4.74 Å². The Labute approximate surface area is 195 Å². The standard InChI is InChI=1S/C26H25F2NO5/c27-25(28)34-17-11-9-16(10-12-17)24(31)23(30)13-14-29-26(32)33-15-22-20-7-3-1-5-18(20)19-6-2-4-8-21(19)22/h1-12,22-25,30-31H,13-15H2,(H,29,32). The van der Waals surface area contributed by atoms with Crippen LogP contribution in [-0.2, 0) is 4.74 Å². The maximum absolute atomic E-state index is 12.2. The number of amides is 1. The van der Waals surface area contributed by atoms with Crippen LogP contribution in [-0.4, -0.2) is 42.2 Å². The van der Waals surface area contributed by atoms with E-state index in [1.54, 1.807) is 0 Å². The molecule has 0 spiro atoms. The first-order chi connectivity index (χ1) is 16.4. The van der Waals surface area contributed by atoms with Crippen molar-refractivity contribution in [3.05, 3.63) is 89.5 Å². The number of carbonyl (C=O) groups is 1. The Morgan fingerprint density at radius 3 is 2.09 bits per heavy atom. The van der Waals surface area contributed by atoms with Gasteiger partial charge >= 0.3 is 12.7 Å². The SMILES string of the molecule is O=C(NCCC(O)C(O)c1ccc(OC(F)F)cc1)OCC1c2ccccc2-c2ccccc21. The van der Waals surface area contributed by atoms with Crippen LogP contribution >= 0.6 is 0 Å². The van der Waals surface area contributed by atoms with Gasteiger partial charge in [0.15, 0.2) is 0 Å². The molecule has 2 unspecified atom stereocenters. The number of aliphatic hydroxyl groups is 2. The van der Waals surface area contributed by atoms with Crippen molar-refractivity contribution in [3.63, 3.8) is 0 Å². The van der Waals surface area contributed by atoms with E-state index in [1.165, 1.54) is 24.3 Å². The van der Waals surface area contributed by atoms with Crippen molar-refractivity contribution in [3.8, 4) is 16.9 Å². The van der Waals surface area contributed by atoms with E-state index in [0.717, 1.165) is 22.3 Å². The lowest BCUT2D eigenvalue weighted by atomic mass is 9.98. The first-order valence-electron chi connectivity index (χ1n) is 10.9. The van der Waals surface area contributed by atoms with Crippen molar-refractivity contribution in [2.24, 2.45) is 0 Å². The molecule has 1 amide bonds. The molecule has 34 heavy (non-hydrogen) atoms. The quantitative estimate of drug-likeness (QED) is 0.426. The molecular formula is C26H25F2NO5. The van der Waals surface area contributed by atoms with Crippen LogP contribution in [0, 0.1) is 0 Å². The third-order valence-electron chi connectivity index (χ3n) is 5.86. The minimum atomic E-state index is -2.94. The Kier molecular flexibility index (Phi) is 7.40. The number of carbonyl (C=O) groups excluding carboxylic acids is 1. The van der Waals surface area contributed by atoms with Gasteiger partial charge in [-0.2, -0.15) is 8.78 Å². The summed E-state index contributed by atoms with van der Waals surface area (Å²) in [6, 6.07) is 21.4. The molecule has 0 aromatic heterocycles. The van der Waals surface area contributed by atoms with Gasteiger partial charge in [-0.1, -0.05) is 60.7 Å². The number of nitrogens with one attached hydrogen (secondary N) is 1. The van der Waals surface area contributed by atoms with E-state index in [0.29, 0.717) is 5.56 Å². The largest absolute Gasteiger partial charge is 0.449 e. The van der Waals surface area contributed by atoms with Crippen LogP contribution < -0.4 is 10.1 Å². The second kappa shape index (κ2) is 10.6. The van der Waals surface area contributed by atoms with Gasteiger partial charge in [-0.3, -0.25) is 0 Å². The van der Waals surface area contributed by atoms with Gasteiger partial charge in [-0.05, 0) is 46.4 Å². The lowest BCUT2D eigenvalue weighted by Crippen LogP contribution is -2.30. The fraction of sp³-hybridized carbons (Fsp3) is 0.269. The molecule has 4 rings (SSSR count). The van der Waals surface area contributed by atoms with Crippen LogP contribution in [0.25, 0.3) is 11.1 Å². The Balaban J connectivity index is 1.25. The van der Waals surface area contributed by atoms with E-state index in [-0.39, 0.29) is 31.2 Å². The summed E-state index contributed by atoms with van der Waals surface area (Å²) < 4.78 is 34.2. The summed E-state index contributed by atoms with van der Waals surface area (Å²) in [4.78, 5) is 12.2. The number of ether oxygens (including phenoxy) is 2. The number of rotatable bonds is 9. The fourth-order valence-electron chi connectivity index (χ4n) is 4.20. The summed E-state index contributed by atoms with van der Waals surface area (Å²) in [5.74, 6) is -0.0973. The zero-order chi connectivity index (χ0) is 24.1. The van der Waals surface area contributed by atoms with Crippen LogP contribution in [0.5, 0.6) is 5.75 Å². The first-order valence-corrected chi connectivity index (χ1v) is 10.9. The summed E-state index contributed by atoms with van der Waals surface area (Å²) in [5.41, 5.74) is 4.84. The predicted molar refractivity (Wildman–Crippen MR) is 122 cm³/mol. The second-order valence-electron chi connectivity index (χ2n) is 8.00. The van der Waals surface area contributed by atoms with Crippen molar-refractivity contribution in [1.29, 1.82) is 0 Å². The summed E-state index contributed by atoms with van der Waals surface area (Å²) >= 11 is 0. The molecule has 6 nitrogen and oxygen atoms in total. The summed E-state index contributed by atoms with van der Waals surface area (Å²) in [6.45, 7) is -2.68. The molecule has 0 saturated heterocycles. The molecular weight excluding hydrogens is 444 g/mol. The van der Waals surface area contributed by atoms with Gasteiger partial charge in [0, 0.05) is 12.5 Å². The number of hydrogen-bond acceptors (Lipinski definition) is 5. The fourth-order valence-corrected chi connectivity index (χ4v) is 4.20. The molecule has 178 valence electrons. The van der Waals surface area contributed by atoms with Gasteiger partial charge in [-0.15, -0.1) is 0 Å². The Bertz CT molecular complexity index is 1080. The summed E-state index contributed by atoms with van der Waals surface area (Å²) in [5, 5.41) is 23.1. The minimum absolute atomic E-state index is 0.0441. The molecule has 1 aliphatic rings. The number of benzene rings is 3. The van der Waals surface area contributed by atoms with E-state index in [9.17, 15) is 23.8 Å². The van der Waals surface area contributed by atoms with Crippen molar-refractivity contribution >= 4 is 6.09 Å². The monoisotopic (exact) mass is 469 g/mol. The van der Waals surface area contributed by atoms with Gasteiger partial charge in [0.05, 0.1) is 6.10 Å². The number of aliphatic hydroxyl groups excluding tert-OH is 2. The number of halogens is 2. The van der Waals surface area contributed by atoms with E-state index < -0.39 is 24.9 Å². The molecule has 0 bridgehead atoms. The van der Waals surface area contributed by atoms with Crippen molar-refractivity contribution in [2.45, 2.75) is 31.2 Å². The Morgan fingerprint density at radius 1 is 0.912 bits per heavy atom. The van der Waals surface area contributed by atoms with Crippen LogP contribution in [0.3, 0.4) is 0 Å². The third kappa shape index (κ3) is 5.35. The number of alkyl halides is 2. The van der Waals surface area contributed by atoms with Gasteiger partial charge in [-0.25, -0.2) is 4.79 Å². The lowest BCUT2D eigenvalue weighted by molar-refractivity contribution is -0.0499. The van der Waals surface area contributed by atoms with E-state index in [2.05, 4.69) is 22.2 Å². The third-order valence-corrected chi connectivity index (χ3v) is 5.86. The summed E-state index contributed by atoms with van der Waals surface area (Å²) in [6.07, 6.45) is -2.96. The van der Waals surface area contributed by atoms with Crippen LogP contribution in [0.4, 0.5) is 13.6 Å². The number of fused-ring (bicyclic) bond motifs is 3. The molecule has 0 radical (unpaired) electrons. The number of alkyl carbamates (subject to hydrolysis) is 1. The zero-order valence-corrected chi connectivity index (χ0v) is 18.2. The highest BCUT2D eigenvalue weighted by Gasteiger charge is 2.29. The lowest BCUT2D eigenvalue weighted by Gasteiger charge is -2.19. The molecule has 3 aromatic carbocycles. The van der Waals surface area contributed by atoms with Crippen LogP contribution in [0.2, 0.25) is 0 Å². The average Bonchev–Trinajstić information content (AvgIpc) is 3.16. The first kappa shape index (κ1) is 23.7. The van der Waals surface area contributed by atoms with Crippen molar-refractivity contribution in [2.75, 3.05) is 13.2 Å². The Morgan fingerprint density at radius 2 is 1.50 bits per heavy atom. The molecule has 0 saturated carbocycles. The molecule has 0 aliphatic heterocycles. The summed E-state index contributed by atoms with van der Waals surface area (Å²) in [7, 11) is 0. The molecule has 1 aliphatic carbocycles. The maximum atomic E-state index is 12.2. The maximum Gasteiger partial charge on any atom is 0.407 e. The van der Waals surface area contributed by atoms with Gasteiger partial charge < -0.3 is 25.0 Å². The van der Waals surface area contributed by atoms with Gasteiger partial charge in [0.25, 0.3) is 0 Å². The molecule has 3 N–H and O–H groups in total. The molecule has 8 heteroatoms. The minimum Gasteiger partial charge on any atom is -0.449 e. The highest BCUT2D eigenvalue weighted by atomic mass is 19.3. The molecule has 0 fully saturated rings. The normalized spacial score (nSPS) is 14.3. The van der Waals surface area contributed by atoms with Crippen LogP contribution in [0.15, 0.2) is 72.8 Å². The highest BCUT2D eigenvalue weighted by Crippen LogP contribution is 2.44. The average molecular weight is 469 g/mol.